The van der Waals surface area contributed by atoms with E-state index in [0.717, 1.165) is 111 Å². The van der Waals surface area contributed by atoms with Crippen molar-refractivity contribution in [1.29, 1.82) is 0 Å². The van der Waals surface area contributed by atoms with Gasteiger partial charge in [-0.3, -0.25) is 0 Å². The highest BCUT2D eigenvalue weighted by atomic mass is 16.5. The molecule has 0 aliphatic rings. The normalized spacial score (nSPS) is 11.2. The summed E-state index contributed by atoms with van der Waals surface area (Å²) < 4.78 is 5.61. The lowest BCUT2D eigenvalue weighted by atomic mass is 9.90. The Morgan fingerprint density at radius 1 is 0.139 bits per heavy atom. The molecular formula is C127H89N9O. The largest absolute Gasteiger partial charge is 0.497 e. The molecule has 24 rings (SSSR count). The number of rotatable bonds is 16. The van der Waals surface area contributed by atoms with Gasteiger partial charge < -0.3 is 4.74 Å². The molecule has 0 atom stereocenters. The highest BCUT2D eigenvalue weighted by Gasteiger charge is 2.23. The summed E-state index contributed by atoms with van der Waals surface area (Å²) in [6.45, 7) is 6.42. The molecular weight excluding hydrogens is 1670 g/mol. The first-order valence-corrected chi connectivity index (χ1v) is 46.1. The summed E-state index contributed by atoms with van der Waals surface area (Å²) in [7, 11) is 1.70. The molecule has 137 heavy (non-hydrogen) atoms. The van der Waals surface area contributed by atoms with Crippen LogP contribution in [0, 0.1) is 20.8 Å². The first kappa shape index (κ1) is 84.5. The summed E-state index contributed by atoms with van der Waals surface area (Å²) >= 11 is 0. The van der Waals surface area contributed by atoms with Crippen molar-refractivity contribution in [2.45, 2.75) is 20.8 Å². The Morgan fingerprint density at radius 2 is 0.394 bits per heavy atom. The Kier molecular flexibility index (Phi) is 23.3. The molecule has 10 nitrogen and oxygen atoms in total. The van der Waals surface area contributed by atoms with E-state index in [1.165, 1.54) is 92.5 Å². The highest BCUT2D eigenvalue weighted by Crippen LogP contribution is 2.44. The summed E-state index contributed by atoms with van der Waals surface area (Å²) in [5, 5.41) is 14.8. The van der Waals surface area contributed by atoms with Crippen molar-refractivity contribution in [3.8, 4) is 175 Å². The second-order valence-corrected chi connectivity index (χ2v) is 34.6. The zero-order valence-electron chi connectivity index (χ0n) is 75.9. The van der Waals surface area contributed by atoms with Crippen LogP contribution < -0.4 is 4.74 Å². The Labute approximate surface area is 795 Å². The Hall–Kier alpha value is -18.0. The quantitative estimate of drug-likeness (QED) is 0.0863. The molecule has 21 aromatic carbocycles. The van der Waals surface area contributed by atoms with E-state index < -0.39 is 0 Å². The maximum atomic E-state index is 5.61. The molecule has 0 aliphatic carbocycles. The fourth-order valence-electron chi connectivity index (χ4n) is 18.5. The van der Waals surface area contributed by atoms with Crippen LogP contribution in [0.5, 0.6) is 5.75 Å². The smallest absolute Gasteiger partial charge is 0.164 e. The van der Waals surface area contributed by atoms with Crippen LogP contribution in [0.4, 0.5) is 0 Å². The van der Waals surface area contributed by atoms with Gasteiger partial charge in [0.15, 0.2) is 52.4 Å². The molecule has 0 bridgehead atoms. The predicted octanol–water partition coefficient (Wildman–Crippen LogP) is 32.5. The van der Waals surface area contributed by atoms with Crippen LogP contribution in [-0.4, -0.2) is 52.0 Å². The topological polar surface area (TPSA) is 125 Å². The van der Waals surface area contributed by atoms with Gasteiger partial charge in [0, 0.05) is 50.1 Å². The van der Waals surface area contributed by atoms with Crippen LogP contribution in [0.1, 0.15) is 16.7 Å². The molecule has 10 heteroatoms. The highest BCUT2D eigenvalue weighted by molar-refractivity contribution is 6.16. The number of ether oxygens (including phenoxy) is 1. The van der Waals surface area contributed by atoms with E-state index in [4.69, 9.17) is 49.6 Å². The number of methoxy groups -OCH3 is 1. The summed E-state index contributed by atoms with van der Waals surface area (Å²) in [5.41, 5.74) is 25.6. The average Bonchev–Trinajstić information content (AvgIpc) is 0.746. The van der Waals surface area contributed by atoms with Gasteiger partial charge in [-0.1, -0.05) is 399 Å². The number of aryl methyl sites for hydroxylation is 3. The number of fused-ring (bicyclic) bond motifs is 9. The maximum Gasteiger partial charge on any atom is 0.164 e. The van der Waals surface area contributed by atoms with Crippen molar-refractivity contribution in [2.75, 3.05) is 7.11 Å². The second-order valence-electron chi connectivity index (χ2n) is 34.6. The summed E-state index contributed by atoms with van der Waals surface area (Å²) in [6.07, 6.45) is 0. The Balaban J connectivity index is 0.000000119. The lowest BCUT2D eigenvalue weighted by Crippen LogP contribution is -2.00. The van der Waals surface area contributed by atoms with Crippen LogP contribution in [0.15, 0.2) is 467 Å². The van der Waals surface area contributed by atoms with Gasteiger partial charge in [0.05, 0.1) is 7.11 Å². The number of hydrogen-bond acceptors (Lipinski definition) is 10. The third kappa shape index (κ3) is 18.0. The van der Waals surface area contributed by atoms with E-state index in [0.29, 0.717) is 52.4 Å². The third-order valence-corrected chi connectivity index (χ3v) is 25.3. The van der Waals surface area contributed by atoms with Crippen molar-refractivity contribution in [3.05, 3.63) is 484 Å². The third-order valence-electron chi connectivity index (χ3n) is 25.3. The van der Waals surface area contributed by atoms with Gasteiger partial charge in [-0.15, -0.1) is 0 Å². The molecule has 0 N–H and O–H groups in total. The van der Waals surface area contributed by atoms with Crippen molar-refractivity contribution in [1.82, 2.24) is 44.9 Å². The SMILES string of the molecule is COc1cccc(-c2cc(-c3nc(-c4ccccc4)nc(-c4ccccc4)n3)cc(-c3cc4ccccc4c4ccccc34)c2)c1.Cc1cc(C)cc(-c2cc(-c3ccc4c(ccc5ccccc54)c3)cc(-c3nc(-c4ccccc4)nc(-c4ccccc4)n3)c2)c1.Cc1ccc(-c2cc(-c3nc(-c4ccccc4)nc(-c4ccccc4)n3)cc(-c3cc4ccccc4c4ccccc34)c2)cc1. The Morgan fingerprint density at radius 3 is 0.781 bits per heavy atom. The van der Waals surface area contributed by atoms with Crippen molar-refractivity contribution >= 4 is 64.6 Å². The molecule has 24 aromatic rings. The standard InChI is InChI=1S/C43H31N3.C42H29N3O.C42H29N3/c1-28-21-29(2)23-35(22-28)37-25-36(33-19-20-40-34(24-33)18-17-30-11-9-10-16-39(30)40)26-38(27-37)43-45-41(31-12-5-3-6-13-31)44-42(46-43)32-14-7-4-8-15-32;1-46-35-19-12-18-30(26-35)32-23-33(39-27-31-17-8-9-20-36(31)37-21-10-11-22-38(37)39)25-34(24-32)42-44-40(28-13-4-2-5-14-28)43-41(45-42)29-15-6-3-7-16-29;1-28-20-22-29(23-21-28)33-24-34(39-27-32-16-8-9-17-36(32)37-18-10-11-19-38(37)39)26-35(25-33)42-44-40(30-12-4-2-5-13-30)43-41(45-42)31-14-6-3-7-15-31/h3-27H,1-2H3;2-27H,1H3;2-27H,1H3. The number of nitrogens with zero attached hydrogens (tertiary/aromatic N) is 9. The van der Waals surface area contributed by atoms with Gasteiger partial charge in [0.1, 0.15) is 5.75 Å². The van der Waals surface area contributed by atoms with E-state index in [1.807, 2.05) is 194 Å². The summed E-state index contributed by atoms with van der Waals surface area (Å²) in [4.78, 5) is 45.2. The minimum atomic E-state index is 0.615. The minimum absolute atomic E-state index is 0.615. The molecule has 648 valence electrons. The maximum absolute atomic E-state index is 5.61. The van der Waals surface area contributed by atoms with Gasteiger partial charge in [-0.2, -0.15) is 0 Å². The van der Waals surface area contributed by atoms with Crippen LogP contribution >= 0.6 is 0 Å². The van der Waals surface area contributed by atoms with Gasteiger partial charge in [0.2, 0.25) is 0 Å². The second kappa shape index (κ2) is 37.7. The molecule has 3 aromatic heterocycles. The van der Waals surface area contributed by atoms with Gasteiger partial charge >= 0.3 is 0 Å². The monoisotopic (exact) mass is 1760 g/mol. The molecule has 0 aliphatic heterocycles. The van der Waals surface area contributed by atoms with Gasteiger partial charge in [-0.25, -0.2) is 44.9 Å². The molecule has 3 heterocycles. The molecule has 0 fully saturated rings. The number of benzene rings is 21. The zero-order valence-corrected chi connectivity index (χ0v) is 75.9. The summed E-state index contributed by atoms with van der Waals surface area (Å²) in [6, 6.07) is 163. The fourth-order valence-corrected chi connectivity index (χ4v) is 18.5. The number of aromatic nitrogens is 9. The van der Waals surface area contributed by atoms with Gasteiger partial charge in [0.25, 0.3) is 0 Å². The Bertz CT molecular complexity index is 8450. The first-order valence-electron chi connectivity index (χ1n) is 46.1. The fraction of sp³-hybridized carbons (Fsp3) is 0.0315. The lowest BCUT2D eigenvalue weighted by molar-refractivity contribution is 0.415. The van der Waals surface area contributed by atoms with Crippen LogP contribution in [-0.2, 0) is 0 Å². The van der Waals surface area contributed by atoms with Crippen LogP contribution in [0.3, 0.4) is 0 Å². The number of hydrogen-bond donors (Lipinski definition) is 0. The predicted molar refractivity (Wildman–Crippen MR) is 567 cm³/mol. The van der Waals surface area contributed by atoms with E-state index >= 15 is 0 Å². The molecule has 0 saturated carbocycles. The molecule has 0 amide bonds. The molecule has 0 unspecified atom stereocenters. The minimum Gasteiger partial charge on any atom is -0.497 e. The van der Waals surface area contributed by atoms with E-state index in [2.05, 4.69) is 294 Å². The molecule has 0 spiro atoms. The van der Waals surface area contributed by atoms with Crippen molar-refractivity contribution < 1.29 is 4.74 Å². The first-order chi connectivity index (χ1) is 67.5. The zero-order chi connectivity index (χ0) is 92.1. The van der Waals surface area contributed by atoms with E-state index in [9.17, 15) is 0 Å². The van der Waals surface area contributed by atoms with Crippen LogP contribution in [0.2, 0.25) is 0 Å². The van der Waals surface area contributed by atoms with Crippen molar-refractivity contribution in [2.24, 2.45) is 0 Å². The van der Waals surface area contributed by atoms with E-state index in [-0.39, 0.29) is 0 Å². The average molecular weight is 1760 g/mol. The van der Waals surface area contributed by atoms with Gasteiger partial charge in [-0.05, 0) is 237 Å². The lowest BCUT2D eigenvalue weighted by Gasteiger charge is -2.15. The van der Waals surface area contributed by atoms with Crippen LogP contribution in [0.25, 0.3) is 234 Å². The molecule has 0 saturated heterocycles. The van der Waals surface area contributed by atoms with Crippen molar-refractivity contribution in [3.63, 3.8) is 0 Å². The van der Waals surface area contributed by atoms with E-state index in [1.54, 1.807) is 7.11 Å². The molecule has 0 radical (unpaired) electrons. The summed E-state index contributed by atoms with van der Waals surface area (Å²) in [5.74, 6) is 6.58.